The van der Waals surface area contributed by atoms with Crippen LogP contribution in [0.4, 0.5) is 11.4 Å². The Bertz CT molecular complexity index is 472. The fraction of sp³-hybridized carbons (Fsp3) is 0.583. The summed E-state index contributed by atoms with van der Waals surface area (Å²) in [6.07, 6.45) is 6.17. The lowest BCUT2D eigenvalue weighted by atomic mass is 10.2. The number of nitro groups is 1. The second-order valence-electron chi connectivity index (χ2n) is 4.50. The zero-order valence-electron chi connectivity index (χ0n) is 10.6. The summed E-state index contributed by atoms with van der Waals surface area (Å²) < 4.78 is 0.647. The number of thioether (sulfide) groups is 1. The van der Waals surface area contributed by atoms with Gasteiger partial charge >= 0.3 is 5.69 Å². The topological polar surface area (TPSA) is 68.1 Å². The van der Waals surface area contributed by atoms with Gasteiger partial charge in [0, 0.05) is 17.5 Å². The Morgan fingerprint density at radius 2 is 2.37 bits per heavy atom. The van der Waals surface area contributed by atoms with E-state index in [4.69, 9.17) is 0 Å². The van der Waals surface area contributed by atoms with Gasteiger partial charge in [0.25, 0.3) is 0 Å². The van der Waals surface area contributed by atoms with Crippen molar-refractivity contribution < 1.29 is 4.92 Å². The number of nitrogens with zero attached hydrogens (tertiary/aromatic N) is 2. The molecule has 2 atom stereocenters. The molecule has 1 aliphatic rings. The van der Waals surface area contributed by atoms with Gasteiger partial charge in [0.2, 0.25) is 0 Å². The second-order valence-corrected chi connectivity index (χ2v) is 6.94. The van der Waals surface area contributed by atoms with Crippen LogP contribution in [0.2, 0.25) is 0 Å². The van der Waals surface area contributed by atoms with Crippen molar-refractivity contribution in [2.75, 3.05) is 11.1 Å². The van der Waals surface area contributed by atoms with Gasteiger partial charge in [-0.25, -0.2) is 0 Å². The molecule has 2 rings (SSSR count). The van der Waals surface area contributed by atoms with Crippen molar-refractivity contribution in [3.05, 3.63) is 27.0 Å². The number of halogens is 1. The number of hydrogen-bond acceptors (Lipinski definition) is 5. The Morgan fingerprint density at radius 1 is 1.58 bits per heavy atom. The van der Waals surface area contributed by atoms with E-state index in [1.54, 1.807) is 6.20 Å². The smallest absolute Gasteiger partial charge is 0.311 e. The average Bonchev–Trinajstić information content (AvgIpc) is 2.79. The quantitative estimate of drug-likeness (QED) is 0.648. The van der Waals surface area contributed by atoms with Gasteiger partial charge in [-0.3, -0.25) is 15.1 Å². The molecule has 1 fully saturated rings. The Kier molecular flexibility index (Phi) is 5.04. The third kappa shape index (κ3) is 3.60. The van der Waals surface area contributed by atoms with E-state index in [1.807, 2.05) is 11.8 Å². The summed E-state index contributed by atoms with van der Waals surface area (Å²) >= 11 is 5.30. The number of aromatic nitrogens is 1. The molecule has 1 aromatic rings. The molecule has 19 heavy (non-hydrogen) atoms. The van der Waals surface area contributed by atoms with Crippen molar-refractivity contribution >= 4 is 39.1 Å². The molecule has 0 saturated heterocycles. The molecular weight excluding hydrogens is 330 g/mol. The van der Waals surface area contributed by atoms with Crippen LogP contribution >= 0.6 is 27.7 Å². The summed E-state index contributed by atoms with van der Waals surface area (Å²) in [6, 6.07) is 0.307. The molecule has 0 spiro atoms. The highest BCUT2D eigenvalue weighted by molar-refractivity contribution is 9.10. The largest absolute Gasteiger partial charge is 0.376 e. The zero-order chi connectivity index (χ0) is 13.8. The third-order valence-corrected chi connectivity index (χ3v) is 5.05. The fourth-order valence-corrected chi connectivity index (χ4v) is 3.95. The maximum Gasteiger partial charge on any atom is 0.311 e. The Morgan fingerprint density at radius 3 is 3.05 bits per heavy atom. The molecule has 0 aliphatic heterocycles. The van der Waals surface area contributed by atoms with Crippen molar-refractivity contribution in [2.24, 2.45) is 0 Å². The lowest BCUT2D eigenvalue weighted by Crippen LogP contribution is -2.17. The molecule has 1 N–H and O–H groups in total. The van der Waals surface area contributed by atoms with Gasteiger partial charge < -0.3 is 5.32 Å². The molecule has 0 aromatic carbocycles. The van der Waals surface area contributed by atoms with E-state index >= 15 is 0 Å². The highest BCUT2D eigenvalue weighted by atomic mass is 79.9. The first kappa shape index (κ1) is 14.6. The molecule has 1 aliphatic carbocycles. The molecule has 5 nitrogen and oxygen atoms in total. The van der Waals surface area contributed by atoms with Gasteiger partial charge in [0.05, 0.1) is 9.40 Å². The molecule has 1 heterocycles. The third-order valence-electron chi connectivity index (χ3n) is 3.21. The zero-order valence-corrected chi connectivity index (χ0v) is 13.0. The van der Waals surface area contributed by atoms with E-state index in [1.165, 1.54) is 12.6 Å². The lowest BCUT2D eigenvalue weighted by molar-refractivity contribution is -0.384. The van der Waals surface area contributed by atoms with Gasteiger partial charge in [-0.1, -0.05) is 6.92 Å². The average molecular weight is 346 g/mol. The van der Waals surface area contributed by atoms with Crippen molar-refractivity contribution in [1.82, 2.24) is 4.98 Å². The Balaban J connectivity index is 2.09. The molecule has 1 aromatic heterocycles. The van der Waals surface area contributed by atoms with Crippen LogP contribution in [0.25, 0.3) is 0 Å². The molecule has 0 radical (unpaired) electrons. The highest BCUT2D eigenvalue weighted by Crippen LogP contribution is 2.36. The molecule has 7 heteroatoms. The van der Waals surface area contributed by atoms with E-state index in [9.17, 15) is 10.1 Å². The van der Waals surface area contributed by atoms with Crippen molar-refractivity contribution in [3.8, 4) is 0 Å². The van der Waals surface area contributed by atoms with Crippen LogP contribution < -0.4 is 5.32 Å². The van der Waals surface area contributed by atoms with Crippen LogP contribution in [0, 0.1) is 10.1 Å². The number of nitrogens with one attached hydrogen (secondary N) is 1. The highest BCUT2D eigenvalue weighted by Gasteiger charge is 2.27. The van der Waals surface area contributed by atoms with Crippen LogP contribution in [0.5, 0.6) is 0 Å². The first-order valence-corrected chi connectivity index (χ1v) is 8.12. The van der Waals surface area contributed by atoms with Gasteiger partial charge in [-0.15, -0.1) is 0 Å². The number of pyridine rings is 1. The number of anilines is 1. The molecule has 2 unspecified atom stereocenters. The summed E-state index contributed by atoms with van der Waals surface area (Å²) in [5.41, 5.74) is 0.577. The molecule has 104 valence electrons. The standard InChI is InChI=1S/C12H16BrN3O2S/c1-2-19-9-4-3-8(5-9)15-12-10(13)6-14-7-11(12)16(17)18/h6-9H,2-5H2,1H3,(H,14,15). The van der Waals surface area contributed by atoms with Crippen LogP contribution in [0.3, 0.4) is 0 Å². The van der Waals surface area contributed by atoms with Gasteiger partial charge in [-0.2, -0.15) is 11.8 Å². The van der Waals surface area contributed by atoms with E-state index in [0.717, 1.165) is 18.6 Å². The summed E-state index contributed by atoms with van der Waals surface area (Å²) in [4.78, 5) is 14.5. The maximum atomic E-state index is 11.0. The molecule has 1 saturated carbocycles. The van der Waals surface area contributed by atoms with Crippen LogP contribution in [0.15, 0.2) is 16.9 Å². The van der Waals surface area contributed by atoms with Crippen molar-refractivity contribution in [1.29, 1.82) is 0 Å². The predicted molar refractivity (Wildman–Crippen MR) is 81.8 cm³/mol. The Hall–Kier alpha value is -0.820. The normalized spacial score (nSPS) is 22.4. The van der Waals surface area contributed by atoms with Crippen molar-refractivity contribution in [3.63, 3.8) is 0 Å². The summed E-state index contributed by atoms with van der Waals surface area (Å²) in [5, 5.41) is 15.0. The number of rotatable bonds is 5. The molecule has 0 bridgehead atoms. The van der Waals surface area contributed by atoms with Crippen molar-refractivity contribution in [2.45, 2.75) is 37.5 Å². The van der Waals surface area contributed by atoms with Gasteiger partial charge in [0.1, 0.15) is 11.9 Å². The first-order valence-electron chi connectivity index (χ1n) is 6.27. The second kappa shape index (κ2) is 6.56. The van der Waals surface area contributed by atoms with Crippen LogP contribution in [-0.4, -0.2) is 27.0 Å². The molecular formula is C12H16BrN3O2S. The van der Waals surface area contributed by atoms with E-state index < -0.39 is 4.92 Å². The van der Waals surface area contributed by atoms with Crippen LogP contribution in [0.1, 0.15) is 26.2 Å². The minimum atomic E-state index is -0.396. The van der Waals surface area contributed by atoms with E-state index in [2.05, 4.69) is 33.2 Å². The van der Waals surface area contributed by atoms with Crippen LogP contribution in [-0.2, 0) is 0 Å². The minimum Gasteiger partial charge on any atom is -0.376 e. The predicted octanol–water partition coefficient (Wildman–Crippen LogP) is 3.84. The monoisotopic (exact) mass is 345 g/mol. The van der Waals surface area contributed by atoms with E-state index in [0.29, 0.717) is 21.5 Å². The summed E-state index contributed by atoms with van der Waals surface area (Å²) in [7, 11) is 0. The van der Waals surface area contributed by atoms with Gasteiger partial charge in [-0.05, 0) is 40.9 Å². The first-order chi connectivity index (χ1) is 9.11. The lowest BCUT2D eigenvalue weighted by Gasteiger charge is -2.15. The summed E-state index contributed by atoms with van der Waals surface area (Å²) in [5.74, 6) is 1.12. The number of hydrogen-bond donors (Lipinski definition) is 1. The maximum absolute atomic E-state index is 11.0. The Labute approximate surface area is 124 Å². The minimum absolute atomic E-state index is 0.0287. The fourth-order valence-electron chi connectivity index (χ4n) is 2.37. The molecule has 0 amide bonds. The SMILES string of the molecule is CCSC1CCC(Nc2c(Br)cncc2[N+](=O)[O-])C1. The summed E-state index contributed by atoms with van der Waals surface area (Å²) in [6.45, 7) is 2.16. The van der Waals surface area contributed by atoms with E-state index in [-0.39, 0.29) is 5.69 Å². The van der Waals surface area contributed by atoms with Gasteiger partial charge in [0.15, 0.2) is 0 Å².